The van der Waals surface area contributed by atoms with Gasteiger partial charge < -0.3 is 9.47 Å². The Bertz CT molecular complexity index is 818. The van der Waals surface area contributed by atoms with Gasteiger partial charge in [0.1, 0.15) is 18.1 Å². The summed E-state index contributed by atoms with van der Waals surface area (Å²) in [5.41, 5.74) is 3.49. The second kappa shape index (κ2) is 7.53. The molecule has 0 radical (unpaired) electrons. The molecule has 3 aromatic rings. The predicted octanol–water partition coefficient (Wildman–Crippen LogP) is 3.47. The zero-order chi connectivity index (χ0) is 17.8. The highest BCUT2D eigenvalue weighted by atomic mass is 16.5. The summed E-state index contributed by atoms with van der Waals surface area (Å²) >= 11 is 0. The second-order valence-corrected chi connectivity index (χ2v) is 6.33. The topological polar surface area (TPSA) is 27.3 Å². The number of nitrogens with zero attached hydrogens (tertiary/aromatic N) is 2. The Labute approximate surface area is 149 Å². The van der Waals surface area contributed by atoms with E-state index in [0.29, 0.717) is 6.61 Å². The van der Waals surface area contributed by atoms with E-state index in [1.165, 1.54) is 5.56 Å². The highest BCUT2D eigenvalue weighted by molar-refractivity contribution is 5.32. The van der Waals surface area contributed by atoms with E-state index in [9.17, 15) is 0 Å². The number of aromatic nitrogens is 2. The van der Waals surface area contributed by atoms with Crippen molar-refractivity contribution in [3.8, 4) is 5.75 Å². The Hall–Kier alpha value is -2.59. The van der Waals surface area contributed by atoms with Crippen molar-refractivity contribution in [1.29, 1.82) is 0 Å². The summed E-state index contributed by atoms with van der Waals surface area (Å²) in [6, 6.07) is 16.5. The van der Waals surface area contributed by atoms with Crippen LogP contribution in [0.2, 0.25) is 0 Å². The lowest BCUT2D eigenvalue weighted by Crippen LogP contribution is -2.35. The van der Waals surface area contributed by atoms with E-state index in [1.54, 1.807) is 7.11 Å². The van der Waals surface area contributed by atoms with E-state index in [0.717, 1.165) is 22.7 Å². The molecule has 130 valence electrons. The summed E-state index contributed by atoms with van der Waals surface area (Å²) in [6.07, 6.45) is 3.90. The molecule has 0 aliphatic carbocycles. The van der Waals surface area contributed by atoms with Gasteiger partial charge in [0.15, 0.2) is 6.10 Å². The van der Waals surface area contributed by atoms with Gasteiger partial charge in [-0.15, -0.1) is 0 Å². The fraction of sp³-hybridized carbons (Fsp3) is 0.286. The van der Waals surface area contributed by atoms with E-state index in [2.05, 4.69) is 46.4 Å². The Morgan fingerprint density at radius 3 is 2.52 bits per heavy atom. The number of methoxy groups -OCH3 is 1. The monoisotopic (exact) mass is 337 g/mol. The van der Waals surface area contributed by atoms with Crippen molar-refractivity contribution in [2.45, 2.75) is 19.6 Å². The minimum Gasteiger partial charge on any atom is -0.497 e. The van der Waals surface area contributed by atoms with Crippen LogP contribution in [0.25, 0.3) is 0 Å². The maximum atomic E-state index is 6.36. The molecule has 0 bridgehead atoms. The Morgan fingerprint density at radius 2 is 1.88 bits per heavy atom. The summed E-state index contributed by atoms with van der Waals surface area (Å²) in [7, 11) is 5.76. The van der Waals surface area contributed by atoms with Crippen molar-refractivity contribution in [2.75, 3.05) is 7.11 Å². The molecule has 0 aliphatic heterocycles. The molecular weight excluding hydrogens is 312 g/mol. The van der Waals surface area contributed by atoms with Crippen LogP contribution in [0.15, 0.2) is 60.9 Å². The summed E-state index contributed by atoms with van der Waals surface area (Å²) in [6.45, 7) is 2.64. The van der Waals surface area contributed by atoms with Gasteiger partial charge in [-0.2, -0.15) is 0 Å². The molecule has 1 unspecified atom stereocenters. The molecule has 0 amide bonds. The molecular formula is C21H25N2O2+. The normalized spacial score (nSPS) is 12.2. The molecule has 3 rings (SSSR count). The number of hydrogen-bond donors (Lipinski definition) is 0. The van der Waals surface area contributed by atoms with Gasteiger partial charge in [-0.25, -0.2) is 9.13 Å². The number of benzene rings is 2. The average Bonchev–Trinajstić information content (AvgIpc) is 2.96. The van der Waals surface area contributed by atoms with Crippen molar-refractivity contribution in [3.63, 3.8) is 0 Å². The standard InChI is InChI=1S/C21H25N2O2/c1-16-8-10-17(11-9-16)15-25-20(21-22(2)12-13-23(21)3)18-6-5-7-19(14-18)24-4/h5-14,20H,15H2,1-4H3/q+1. The molecule has 0 spiro atoms. The maximum absolute atomic E-state index is 6.36. The van der Waals surface area contributed by atoms with Crippen LogP contribution in [0.1, 0.15) is 28.6 Å². The summed E-state index contributed by atoms with van der Waals surface area (Å²) < 4.78 is 15.9. The van der Waals surface area contributed by atoms with Crippen molar-refractivity contribution in [2.24, 2.45) is 14.1 Å². The van der Waals surface area contributed by atoms with E-state index in [4.69, 9.17) is 9.47 Å². The van der Waals surface area contributed by atoms with Gasteiger partial charge in [-0.1, -0.05) is 42.0 Å². The highest BCUT2D eigenvalue weighted by Gasteiger charge is 2.27. The second-order valence-electron chi connectivity index (χ2n) is 6.33. The van der Waals surface area contributed by atoms with Crippen molar-refractivity contribution in [1.82, 2.24) is 4.57 Å². The zero-order valence-corrected chi connectivity index (χ0v) is 15.3. The van der Waals surface area contributed by atoms with E-state index in [-0.39, 0.29) is 6.10 Å². The van der Waals surface area contributed by atoms with Crippen LogP contribution in [0.4, 0.5) is 0 Å². The highest BCUT2D eigenvalue weighted by Crippen LogP contribution is 2.27. The molecule has 0 N–H and O–H groups in total. The number of ether oxygens (including phenoxy) is 2. The number of aryl methyl sites for hydroxylation is 3. The number of rotatable bonds is 6. The zero-order valence-electron chi connectivity index (χ0n) is 15.3. The Kier molecular flexibility index (Phi) is 5.19. The molecule has 4 nitrogen and oxygen atoms in total. The Balaban J connectivity index is 1.92. The molecule has 25 heavy (non-hydrogen) atoms. The first-order valence-electron chi connectivity index (χ1n) is 8.40. The van der Waals surface area contributed by atoms with Crippen LogP contribution < -0.4 is 9.30 Å². The minimum absolute atomic E-state index is 0.179. The smallest absolute Gasteiger partial charge is 0.290 e. The molecule has 0 fully saturated rings. The molecule has 0 saturated carbocycles. The fourth-order valence-electron chi connectivity index (χ4n) is 2.96. The third kappa shape index (κ3) is 3.91. The third-order valence-corrected chi connectivity index (χ3v) is 4.40. The minimum atomic E-state index is -0.179. The van der Waals surface area contributed by atoms with Gasteiger partial charge in [-0.3, -0.25) is 0 Å². The largest absolute Gasteiger partial charge is 0.497 e. The van der Waals surface area contributed by atoms with Gasteiger partial charge >= 0.3 is 0 Å². The number of imidazole rings is 1. The van der Waals surface area contributed by atoms with Crippen LogP contribution in [-0.2, 0) is 25.4 Å². The lowest BCUT2D eigenvalue weighted by atomic mass is 10.1. The molecule has 2 aromatic carbocycles. The number of hydrogen-bond acceptors (Lipinski definition) is 2. The van der Waals surface area contributed by atoms with Gasteiger partial charge in [0.25, 0.3) is 5.82 Å². The lowest BCUT2D eigenvalue weighted by molar-refractivity contribution is -0.682. The molecule has 0 saturated heterocycles. The SMILES string of the molecule is COc1cccc(C(OCc2ccc(C)cc2)c2n(C)cc[n+]2C)c1. The van der Waals surface area contributed by atoms with Crippen molar-refractivity contribution >= 4 is 0 Å². The van der Waals surface area contributed by atoms with Gasteiger partial charge in [0, 0.05) is 0 Å². The lowest BCUT2D eigenvalue weighted by Gasteiger charge is -2.17. The molecule has 4 heteroatoms. The first-order valence-corrected chi connectivity index (χ1v) is 8.40. The van der Waals surface area contributed by atoms with Crippen LogP contribution >= 0.6 is 0 Å². The molecule has 1 aromatic heterocycles. The maximum Gasteiger partial charge on any atom is 0.290 e. The molecule has 1 atom stereocenters. The first kappa shape index (κ1) is 17.2. The Morgan fingerprint density at radius 1 is 1.12 bits per heavy atom. The fourth-order valence-corrected chi connectivity index (χ4v) is 2.96. The van der Waals surface area contributed by atoms with Crippen LogP contribution in [0.3, 0.4) is 0 Å². The average molecular weight is 337 g/mol. The summed E-state index contributed by atoms with van der Waals surface area (Å²) in [5, 5.41) is 0. The van der Waals surface area contributed by atoms with Gasteiger partial charge in [0.05, 0.1) is 27.8 Å². The van der Waals surface area contributed by atoms with Gasteiger partial charge in [0.2, 0.25) is 0 Å². The van der Waals surface area contributed by atoms with E-state index in [1.807, 2.05) is 44.7 Å². The van der Waals surface area contributed by atoms with Crippen molar-refractivity contribution in [3.05, 3.63) is 83.4 Å². The molecule has 0 aliphatic rings. The van der Waals surface area contributed by atoms with Crippen LogP contribution in [0.5, 0.6) is 5.75 Å². The van der Waals surface area contributed by atoms with E-state index >= 15 is 0 Å². The summed E-state index contributed by atoms with van der Waals surface area (Å²) in [4.78, 5) is 0. The quantitative estimate of drug-likeness (QED) is 0.644. The van der Waals surface area contributed by atoms with E-state index < -0.39 is 0 Å². The van der Waals surface area contributed by atoms with Crippen LogP contribution in [0, 0.1) is 6.92 Å². The first-order chi connectivity index (χ1) is 12.1. The molecule has 1 heterocycles. The van der Waals surface area contributed by atoms with Crippen molar-refractivity contribution < 1.29 is 14.0 Å². The van der Waals surface area contributed by atoms with Crippen LogP contribution in [-0.4, -0.2) is 11.7 Å². The summed E-state index contributed by atoms with van der Waals surface area (Å²) in [5.74, 6) is 1.92. The third-order valence-electron chi connectivity index (χ3n) is 4.40. The van der Waals surface area contributed by atoms with Gasteiger partial charge in [-0.05, 0) is 30.2 Å². The predicted molar refractivity (Wildman–Crippen MR) is 97.4 cm³/mol.